The number of aromatic nitrogens is 1. The quantitative estimate of drug-likeness (QED) is 0.656. The zero-order chi connectivity index (χ0) is 6.97. The lowest BCUT2D eigenvalue weighted by Crippen LogP contribution is -1.69. The van der Waals surface area contributed by atoms with Gasteiger partial charge in [-0.3, -0.25) is 0 Å². The first-order chi connectivity index (χ1) is 4.88. The van der Waals surface area contributed by atoms with Gasteiger partial charge in [0.1, 0.15) is 4.83 Å². The maximum Gasteiger partial charge on any atom is 0.124 e. The summed E-state index contributed by atoms with van der Waals surface area (Å²) in [5.74, 6) is 0. The Morgan fingerprint density at radius 2 is 2.30 bits per heavy atom. The second-order valence-corrected chi connectivity index (χ2v) is 3.68. The van der Waals surface area contributed by atoms with Crippen molar-refractivity contribution in [2.24, 2.45) is 0 Å². The molecule has 0 aliphatic rings. The van der Waals surface area contributed by atoms with Gasteiger partial charge in [0.2, 0.25) is 0 Å². The molecule has 2 aromatic rings. The van der Waals surface area contributed by atoms with Gasteiger partial charge in [-0.25, -0.2) is 4.98 Å². The minimum Gasteiger partial charge on any atom is -0.245 e. The molecule has 2 heterocycles. The number of rotatable bonds is 0. The minimum atomic E-state index is 1.09. The number of hydrogen-bond acceptors (Lipinski definition) is 2. The van der Waals surface area contributed by atoms with Gasteiger partial charge < -0.3 is 0 Å². The lowest BCUT2D eigenvalue weighted by atomic mass is 10.4. The molecule has 2 aromatic heterocycles. The molecule has 1 nitrogen and oxygen atoms in total. The summed E-state index contributed by atoms with van der Waals surface area (Å²) in [6, 6.07) is 4.02. The van der Waals surface area contributed by atoms with Crippen molar-refractivity contribution in [3.8, 4) is 0 Å². The van der Waals surface area contributed by atoms with Crippen LogP contribution in [0.25, 0.3) is 10.2 Å². The summed E-state index contributed by atoms with van der Waals surface area (Å²) < 4.78 is 1.12. The number of thiophene rings is 1. The van der Waals surface area contributed by atoms with Gasteiger partial charge in [0.25, 0.3) is 0 Å². The highest BCUT2D eigenvalue weighted by Crippen LogP contribution is 2.25. The van der Waals surface area contributed by atoms with Crippen molar-refractivity contribution < 1.29 is 0 Å². The molecule has 3 heteroatoms. The van der Waals surface area contributed by atoms with E-state index in [-0.39, 0.29) is 0 Å². The van der Waals surface area contributed by atoms with Gasteiger partial charge in [-0.1, -0.05) is 15.9 Å². The highest BCUT2D eigenvalue weighted by molar-refractivity contribution is 9.10. The first-order valence-corrected chi connectivity index (χ1v) is 4.53. The van der Waals surface area contributed by atoms with Crippen LogP contribution in [0.3, 0.4) is 0 Å². The van der Waals surface area contributed by atoms with E-state index in [0.717, 1.165) is 9.30 Å². The van der Waals surface area contributed by atoms with Crippen LogP contribution in [-0.4, -0.2) is 4.98 Å². The molecule has 0 atom stereocenters. The van der Waals surface area contributed by atoms with Crippen molar-refractivity contribution in [2.75, 3.05) is 0 Å². The van der Waals surface area contributed by atoms with E-state index in [4.69, 9.17) is 0 Å². The van der Waals surface area contributed by atoms with E-state index in [1.54, 1.807) is 11.3 Å². The van der Waals surface area contributed by atoms with Crippen LogP contribution >= 0.6 is 27.3 Å². The summed E-state index contributed by atoms with van der Waals surface area (Å²) in [5.41, 5.74) is 0. The van der Waals surface area contributed by atoms with Crippen LogP contribution in [0.15, 0.2) is 28.2 Å². The third-order valence-electron chi connectivity index (χ3n) is 1.31. The highest BCUT2D eigenvalue weighted by Gasteiger charge is 1.97. The maximum absolute atomic E-state index is 4.19. The molecule has 0 saturated heterocycles. The average Bonchev–Trinajstić information content (AvgIpc) is 2.36. The molecule has 0 amide bonds. The molecule has 0 N–H and O–H groups in total. The van der Waals surface area contributed by atoms with Gasteiger partial charge >= 0.3 is 0 Å². The zero-order valence-corrected chi connectivity index (χ0v) is 7.45. The number of halogens is 1. The van der Waals surface area contributed by atoms with E-state index in [9.17, 15) is 0 Å². The van der Waals surface area contributed by atoms with Crippen LogP contribution in [0.2, 0.25) is 0 Å². The summed E-state index contributed by atoms with van der Waals surface area (Å²) >= 11 is 5.10. The number of nitrogens with zero attached hydrogens (tertiary/aromatic N) is 1. The highest BCUT2D eigenvalue weighted by atomic mass is 79.9. The van der Waals surface area contributed by atoms with E-state index in [1.165, 1.54) is 5.39 Å². The zero-order valence-electron chi connectivity index (χ0n) is 5.04. The van der Waals surface area contributed by atoms with Gasteiger partial charge in [-0.15, -0.1) is 11.3 Å². The van der Waals surface area contributed by atoms with E-state index < -0.39 is 0 Å². The Kier molecular flexibility index (Phi) is 1.47. The Morgan fingerprint density at radius 3 is 3.10 bits per heavy atom. The third kappa shape index (κ3) is 0.859. The monoisotopic (exact) mass is 213 g/mol. The molecule has 50 valence electrons. The van der Waals surface area contributed by atoms with Crippen LogP contribution in [0.5, 0.6) is 0 Å². The SMILES string of the molecule is Brc1ccnc2sccc12. The molecule has 0 unspecified atom stereocenters. The van der Waals surface area contributed by atoms with Gasteiger partial charge in [-0.2, -0.15) is 0 Å². The normalized spacial score (nSPS) is 10.5. The molecule has 0 aliphatic carbocycles. The largest absolute Gasteiger partial charge is 0.245 e. The molecule has 0 fully saturated rings. The number of fused-ring (bicyclic) bond motifs is 1. The lowest BCUT2D eigenvalue weighted by molar-refractivity contribution is 1.43. The summed E-state index contributed by atoms with van der Waals surface area (Å²) in [5, 5.41) is 3.25. The smallest absolute Gasteiger partial charge is 0.124 e. The van der Waals surface area contributed by atoms with Gasteiger partial charge in [-0.05, 0) is 17.5 Å². The lowest BCUT2D eigenvalue weighted by Gasteiger charge is -1.89. The fourth-order valence-corrected chi connectivity index (χ4v) is 2.17. The Balaban J connectivity index is 2.95. The van der Waals surface area contributed by atoms with Crippen molar-refractivity contribution in [1.82, 2.24) is 4.98 Å². The Hall–Kier alpha value is -0.410. The van der Waals surface area contributed by atoms with Gasteiger partial charge in [0.05, 0.1) is 0 Å². The molecule has 0 aliphatic heterocycles. The van der Waals surface area contributed by atoms with E-state index >= 15 is 0 Å². The maximum atomic E-state index is 4.19. The first kappa shape index (κ1) is 6.31. The molecule has 0 spiro atoms. The van der Waals surface area contributed by atoms with E-state index in [2.05, 4.69) is 27.0 Å². The first-order valence-electron chi connectivity index (χ1n) is 2.85. The molecule has 2 rings (SSSR count). The van der Waals surface area contributed by atoms with E-state index in [0.29, 0.717) is 0 Å². The number of pyridine rings is 1. The summed E-state index contributed by atoms with van der Waals surface area (Å²) in [6.45, 7) is 0. The number of hydrogen-bond donors (Lipinski definition) is 0. The molecule has 0 aromatic carbocycles. The third-order valence-corrected chi connectivity index (χ3v) is 2.83. The van der Waals surface area contributed by atoms with Crippen LogP contribution in [0, 0.1) is 0 Å². The van der Waals surface area contributed by atoms with Crippen LogP contribution in [0.1, 0.15) is 0 Å². The second-order valence-electron chi connectivity index (χ2n) is 1.93. The Morgan fingerprint density at radius 1 is 1.40 bits per heavy atom. The van der Waals surface area contributed by atoms with E-state index in [1.807, 2.05) is 17.6 Å². The predicted octanol–water partition coefficient (Wildman–Crippen LogP) is 3.06. The van der Waals surface area contributed by atoms with Crippen LogP contribution < -0.4 is 0 Å². The standard InChI is InChI=1S/C7H4BrNS/c8-6-1-3-9-7-5(6)2-4-10-7/h1-4H. The molecule has 0 saturated carbocycles. The summed E-state index contributed by atoms with van der Waals surface area (Å²) in [4.78, 5) is 5.28. The van der Waals surface area contributed by atoms with Crippen LogP contribution in [-0.2, 0) is 0 Å². The molecule has 0 radical (unpaired) electrons. The van der Waals surface area contributed by atoms with Crippen molar-refractivity contribution in [3.05, 3.63) is 28.2 Å². The van der Waals surface area contributed by atoms with Gasteiger partial charge in [0.15, 0.2) is 0 Å². The van der Waals surface area contributed by atoms with Crippen molar-refractivity contribution in [3.63, 3.8) is 0 Å². The van der Waals surface area contributed by atoms with Crippen molar-refractivity contribution in [2.45, 2.75) is 0 Å². The predicted molar refractivity (Wildman–Crippen MR) is 47.3 cm³/mol. The molecule has 0 bridgehead atoms. The summed E-state index contributed by atoms with van der Waals surface area (Å²) in [7, 11) is 0. The minimum absolute atomic E-state index is 1.09. The van der Waals surface area contributed by atoms with Crippen molar-refractivity contribution >= 4 is 37.5 Å². The molecular weight excluding hydrogens is 210 g/mol. The topological polar surface area (TPSA) is 12.9 Å². The fourth-order valence-electron chi connectivity index (χ4n) is 0.843. The average molecular weight is 214 g/mol. The summed E-state index contributed by atoms with van der Waals surface area (Å²) in [6.07, 6.45) is 1.81. The van der Waals surface area contributed by atoms with Crippen molar-refractivity contribution in [1.29, 1.82) is 0 Å². The van der Waals surface area contributed by atoms with Crippen LogP contribution in [0.4, 0.5) is 0 Å². The Bertz CT molecular complexity index is 355. The Labute approximate surface area is 70.8 Å². The second kappa shape index (κ2) is 2.32. The fraction of sp³-hybridized carbons (Fsp3) is 0. The van der Waals surface area contributed by atoms with Gasteiger partial charge in [0, 0.05) is 16.1 Å². The molecule has 10 heavy (non-hydrogen) atoms. The molecular formula is C7H4BrNS.